The molecule has 3 aromatic rings. The SMILES string of the molecule is O=C1CCCN1CCn1cc(-c2c[nH]c3cc(F)ccc23)cn1. The van der Waals surface area contributed by atoms with Crippen molar-refractivity contribution in [3.63, 3.8) is 0 Å². The first kappa shape index (κ1) is 14.0. The molecular formula is C17H17FN4O. The zero-order valence-corrected chi connectivity index (χ0v) is 12.6. The molecule has 1 fully saturated rings. The van der Waals surface area contributed by atoms with Gasteiger partial charge in [0.15, 0.2) is 0 Å². The summed E-state index contributed by atoms with van der Waals surface area (Å²) < 4.78 is 15.1. The van der Waals surface area contributed by atoms with Crippen LogP contribution in [-0.4, -0.2) is 38.7 Å². The monoisotopic (exact) mass is 312 g/mol. The van der Waals surface area contributed by atoms with Crippen molar-refractivity contribution >= 4 is 16.8 Å². The Kier molecular flexibility index (Phi) is 3.37. The highest BCUT2D eigenvalue weighted by molar-refractivity contribution is 5.95. The Morgan fingerprint density at radius 2 is 2.22 bits per heavy atom. The molecule has 0 radical (unpaired) electrons. The van der Waals surface area contributed by atoms with E-state index in [9.17, 15) is 9.18 Å². The van der Waals surface area contributed by atoms with Crippen LogP contribution >= 0.6 is 0 Å². The lowest BCUT2D eigenvalue weighted by Crippen LogP contribution is -2.28. The first-order chi connectivity index (χ1) is 11.2. The molecule has 23 heavy (non-hydrogen) atoms. The fourth-order valence-corrected chi connectivity index (χ4v) is 3.13. The molecule has 6 heteroatoms. The molecule has 5 nitrogen and oxygen atoms in total. The van der Waals surface area contributed by atoms with Gasteiger partial charge >= 0.3 is 0 Å². The van der Waals surface area contributed by atoms with E-state index in [1.807, 2.05) is 22.0 Å². The lowest BCUT2D eigenvalue weighted by molar-refractivity contribution is -0.127. The number of rotatable bonds is 4. The van der Waals surface area contributed by atoms with Crippen molar-refractivity contribution in [2.45, 2.75) is 19.4 Å². The van der Waals surface area contributed by atoms with Crippen molar-refractivity contribution in [2.75, 3.05) is 13.1 Å². The standard InChI is InChI=1S/C17H17FN4O/c18-13-3-4-14-15(10-19-16(14)8-13)12-9-20-22(11-12)7-6-21-5-1-2-17(21)23/h3-4,8-11,19H,1-2,5-7H2. The number of carbonyl (C=O) groups is 1. The molecule has 1 saturated heterocycles. The summed E-state index contributed by atoms with van der Waals surface area (Å²) in [6.07, 6.45) is 7.26. The number of likely N-dealkylation sites (tertiary alicyclic amines) is 1. The van der Waals surface area contributed by atoms with E-state index < -0.39 is 0 Å². The fourth-order valence-electron chi connectivity index (χ4n) is 3.13. The van der Waals surface area contributed by atoms with Crippen LogP contribution in [0.4, 0.5) is 4.39 Å². The fraction of sp³-hybridized carbons (Fsp3) is 0.294. The van der Waals surface area contributed by atoms with Gasteiger partial charge in [-0.15, -0.1) is 0 Å². The highest BCUT2D eigenvalue weighted by Crippen LogP contribution is 2.28. The van der Waals surface area contributed by atoms with Crippen molar-refractivity contribution in [1.82, 2.24) is 19.7 Å². The molecular weight excluding hydrogens is 295 g/mol. The van der Waals surface area contributed by atoms with Gasteiger partial charge in [-0.25, -0.2) is 4.39 Å². The first-order valence-corrected chi connectivity index (χ1v) is 7.78. The van der Waals surface area contributed by atoms with Crippen LogP contribution in [0.2, 0.25) is 0 Å². The van der Waals surface area contributed by atoms with E-state index in [-0.39, 0.29) is 11.7 Å². The Morgan fingerprint density at radius 1 is 1.30 bits per heavy atom. The maximum absolute atomic E-state index is 13.3. The molecule has 0 saturated carbocycles. The van der Waals surface area contributed by atoms with Gasteiger partial charge in [0.1, 0.15) is 5.82 Å². The Morgan fingerprint density at radius 3 is 3.04 bits per heavy atom. The second kappa shape index (κ2) is 5.53. The quantitative estimate of drug-likeness (QED) is 0.805. The van der Waals surface area contributed by atoms with Crippen molar-refractivity contribution in [1.29, 1.82) is 0 Å². The second-order valence-electron chi connectivity index (χ2n) is 5.87. The maximum atomic E-state index is 13.3. The number of aromatic amines is 1. The summed E-state index contributed by atoms with van der Waals surface area (Å²) in [5.74, 6) is -0.0205. The molecule has 1 aliphatic heterocycles. The van der Waals surface area contributed by atoms with Gasteiger partial charge in [0.2, 0.25) is 5.91 Å². The third-order valence-electron chi connectivity index (χ3n) is 4.36. The Bertz CT molecular complexity index is 866. The number of hydrogen-bond donors (Lipinski definition) is 1. The Hall–Kier alpha value is -2.63. The minimum absolute atomic E-state index is 0.232. The predicted octanol–water partition coefficient (Wildman–Crippen LogP) is 2.79. The van der Waals surface area contributed by atoms with Crippen LogP contribution in [0, 0.1) is 5.82 Å². The smallest absolute Gasteiger partial charge is 0.222 e. The summed E-state index contributed by atoms with van der Waals surface area (Å²) in [6, 6.07) is 4.72. The molecule has 3 heterocycles. The molecule has 2 aromatic heterocycles. The summed E-state index contributed by atoms with van der Waals surface area (Å²) in [5, 5.41) is 5.35. The minimum atomic E-state index is -0.253. The van der Waals surface area contributed by atoms with Gasteiger partial charge in [0, 0.05) is 53.9 Å². The number of amides is 1. The van der Waals surface area contributed by atoms with Gasteiger partial charge in [-0.3, -0.25) is 9.48 Å². The van der Waals surface area contributed by atoms with Crippen molar-refractivity contribution in [3.8, 4) is 11.1 Å². The molecule has 0 atom stereocenters. The summed E-state index contributed by atoms with van der Waals surface area (Å²) >= 11 is 0. The van der Waals surface area contributed by atoms with Crippen molar-refractivity contribution < 1.29 is 9.18 Å². The number of nitrogens with zero attached hydrogens (tertiary/aromatic N) is 3. The van der Waals surface area contributed by atoms with Gasteiger partial charge in [0.25, 0.3) is 0 Å². The summed E-state index contributed by atoms with van der Waals surface area (Å²) in [5.41, 5.74) is 2.76. The molecule has 1 N–H and O–H groups in total. The largest absolute Gasteiger partial charge is 0.360 e. The zero-order chi connectivity index (χ0) is 15.8. The lowest BCUT2D eigenvalue weighted by Gasteiger charge is -2.14. The second-order valence-corrected chi connectivity index (χ2v) is 5.87. The Labute approximate surface area is 132 Å². The van der Waals surface area contributed by atoms with E-state index in [0.717, 1.165) is 35.0 Å². The van der Waals surface area contributed by atoms with Gasteiger partial charge < -0.3 is 9.88 Å². The molecule has 1 aromatic carbocycles. The zero-order valence-electron chi connectivity index (χ0n) is 12.6. The van der Waals surface area contributed by atoms with Gasteiger partial charge in [-0.2, -0.15) is 5.10 Å². The minimum Gasteiger partial charge on any atom is -0.360 e. The van der Waals surface area contributed by atoms with Crippen LogP contribution in [-0.2, 0) is 11.3 Å². The number of nitrogens with one attached hydrogen (secondary N) is 1. The average Bonchev–Trinajstić information content (AvgIpc) is 3.24. The van der Waals surface area contributed by atoms with E-state index >= 15 is 0 Å². The molecule has 0 aliphatic carbocycles. The van der Waals surface area contributed by atoms with Crippen LogP contribution in [0.1, 0.15) is 12.8 Å². The normalized spacial score (nSPS) is 15.0. The third kappa shape index (κ3) is 2.60. The van der Waals surface area contributed by atoms with Gasteiger partial charge in [0.05, 0.1) is 12.7 Å². The van der Waals surface area contributed by atoms with Gasteiger partial charge in [-0.05, 0) is 24.6 Å². The van der Waals surface area contributed by atoms with Crippen LogP contribution in [0.5, 0.6) is 0 Å². The average molecular weight is 312 g/mol. The molecule has 0 spiro atoms. The van der Waals surface area contributed by atoms with Crippen molar-refractivity contribution in [2.24, 2.45) is 0 Å². The topological polar surface area (TPSA) is 53.9 Å². The number of halogens is 1. The first-order valence-electron chi connectivity index (χ1n) is 7.78. The number of carbonyl (C=O) groups excluding carboxylic acids is 1. The molecule has 4 rings (SSSR count). The number of aromatic nitrogens is 3. The van der Waals surface area contributed by atoms with E-state index in [2.05, 4.69) is 10.1 Å². The highest BCUT2D eigenvalue weighted by atomic mass is 19.1. The third-order valence-corrected chi connectivity index (χ3v) is 4.36. The maximum Gasteiger partial charge on any atom is 0.222 e. The van der Waals surface area contributed by atoms with E-state index in [1.165, 1.54) is 12.1 Å². The molecule has 0 bridgehead atoms. The van der Waals surface area contributed by atoms with Crippen LogP contribution < -0.4 is 0 Å². The van der Waals surface area contributed by atoms with E-state index in [4.69, 9.17) is 0 Å². The van der Waals surface area contributed by atoms with Gasteiger partial charge in [-0.1, -0.05) is 0 Å². The van der Waals surface area contributed by atoms with Crippen LogP contribution in [0.15, 0.2) is 36.8 Å². The summed E-state index contributed by atoms with van der Waals surface area (Å²) in [4.78, 5) is 16.6. The van der Waals surface area contributed by atoms with Crippen LogP contribution in [0.3, 0.4) is 0 Å². The number of hydrogen-bond acceptors (Lipinski definition) is 2. The predicted molar refractivity (Wildman–Crippen MR) is 85.3 cm³/mol. The Balaban J connectivity index is 1.53. The molecule has 118 valence electrons. The van der Waals surface area contributed by atoms with E-state index in [1.54, 1.807) is 12.3 Å². The van der Waals surface area contributed by atoms with Crippen molar-refractivity contribution in [3.05, 3.63) is 42.6 Å². The summed E-state index contributed by atoms with van der Waals surface area (Å²) in [7, 11) is 0. The summed E-state index contributed by atoms with van der Waals surface area (Å²) in [6.45, 7) is 2.22. The number of fused-ring (bicyclic) bond motifs is 1. The number of H-pyrrole nitrogens is 1. The highest BCUT2D eigenvalue weighted by Gasteiger charge is 2.19. The van der Waals surface area contributed by atoms with Crippen LogP contribution in [0.25, 0.3) is 22.0 Å². The molecule has 0 unspecified atom stereocenters. The van der Waals surface area contributed by atoms with E-state index in [0.29, 0.717) is 19.5 Å². The molecule has 1 aliphatic rings. The molecule has 1 amide bonds. The number of benzene rings is 1. The lowest BCUT2D eigenvalue weighted by atomic mass is 10.1.